The summed E-state index contributed by atoms with van der Waals surface area (Å²) in [7, 11) is 0. The number of phenols is 1. The molecule has 288 valence electrons. The number of hydrogen-bond acceptors (Lipinski definition) is 8. The molecule has 10 atom stereocenters. The molecule has 0 radical (unpaired) electrons. The fraction of sp³-hybridized carbons (Fsp3) is 0.489. The average molecular weight is 736 g/mol. The number of benzene rings is 2. The molecule has 54 heavy (non-hydrogen) atoms. The summed E-state index contributed by atoms with van der Waals surface area (Å²) in [5, 5.41) is 55.7. The van der Waals surface area contributed by atoms with Gasteiger partial charge in [-0.05, 0) is 116 Å². The number of ether oxygens (including phenoxy) is 1. The van der Waals surface area contributed by atoms with Gasteiger partial charge in [0.25, 0.3) is 0 Å². The predicted octanol–water partition coefficient (Wildman–Crippen LogP) is 6.34. The molecule has 0 saturated heterocycles. The third-order valence-electron chi connectivity index (χ3n) is 11.8. The van der Waals surface area contributed by atoms with Gasteiger partial charge in [0.1, 0.15) is 18.0 Å². The molecule has 9 heteroatoms. The highest BCUT2D eigenvalue weighted by Crippen LogP contribution is 2.42. The Hall–Kier alpha value is -4.33. The van der Waals surface area contributed by atoms with Crippen LogP contribution >= 0.6 is 0 Å². The van der Waals surface area contributed by atoms with E-state index in [1.54, 1.807) is 24.4 Å². The molecule has 8 N–H and O–H groups in total. The molecule has 4 aromatic rings. The molecule has 0 spiro atoms. The predicted molar refractivity (Wildman–Crippen MR) is 211 cm³/mol. The molecule has 0 unspecified atom stereocenters. The molecule has 2 heterocycles. The minimum atomic E-state index is -1.19. The van der Waals surface area contributed by atoms with Crippen molar-refractivity contribution in [1.29, 1.82) is 0 Å². The number of pyridine rings is 1. The first kappa shape index (κ1) is 39.4. The van der Waals surface area contributed by atoms with Gasteiger partial charge in [-0.15, -0.1) is 5.92 Å². The van der Waals surface area contributed by atoms with E-state index in [1.807, 2.05) is 36.5 Å². The van der Waals surface area contributed by atoms with Crippen LogP contribution in [0.4, 0.5) is 5.82 Å². The van der Waals surface area contributed by atoms with Crippen molar-refractivity contribution in [3.8, 4) is 23.3 Å². The van der Waals surface area contributed by atoms with E-state index in [0.717, 1.165) is 42.5 Å². The number of aromatic hydroxyl groups is 1. The monoisotopic (exact) mass is 735 g/mol. The van der Waals surface area contributed by atoms with Gasteiger partial charge < -0.3 is 41.0 Å². The molecule has 1 saturated carbocycles. The number of aryl methyl sites for hydroxylation is 1. The number of aliphatic hydroxyl groups is 4. The van der Waals surface area contributed by atoms with Crippen LogP contribution in [0.5, 0.6) is 11.5 Å². The van der Waals surface area contributed by atoms with Gasteiger partial charge in [-0.1, -0.05) is 62.1 Å². The van der Waals surface area contributed by atoms with Crippen molar-refractivity contribution in [2.75, 3.05) is 5.73 Å². The molecule has 0 bridgehead atoms. The summed E-state index contributed by atoms with van der Waals surface area (Å²) in [5.41, 5.74) is 10.2. The lowest BCUT2D eigenvalue weighted by molar-refractivity contribution is -0.104. The van der Waals surface area contributed by atoms with E-state index in [4.69, 9.17) is 10.5 Å². The van der Waals surface area contributed by atoms with E-state index in [1.165, 1.54) is 5.56 Å². The van der Waals surface area contributed by atoms with Crippen LogP contribution in [0.2, 0.25) is 0 Å². The summed E-state index contributed by atoms with van der Waals surface area (Å²) >= 11 is 0. The second-order valence-electron chi connectivity index (χ2n) is 15.6. The summed E-state index contributed by atoms with van der Waals surface area (Å²) in [6, 6.07) is 23.4. The Balaban J connectivity index is 1.15. The number of phenolic OH excluding ortho intramolecular Hbond substituents is 1. The number of aromatic amines is 1. The number of H-pyrrole nitrogens is 1. The van der Waals surface area contributed by atoms with Crippen LogP contribution < -0.4 is 10.5 Å². The Labute approximate surface area is 319 Å². The highest BCUT2D eigenvalue weighted by molar-refractivity contribution is 5.42. The standard InChI is InChI=1S/C45H57N3O6/c1-29(25-30-9-3-2-4-10-30)32-11-5-6-15-38(49)36(14-7-12-32)39(50)19-16-31-17-20-40(51)42(26-31)54-45-35(18-21-41(52)44(45)53)37(28-34-13-8-23-47-34)33-22-24-48-43(46)27-33/h2-4,8-10,13,17,20,22-24,26-27,29,32,35-39,41,44-45,47,49-53H,5-6,11,14-16,18-19,21,25,28H2,1H3,(H2,46,48)/t29-,32+,35-,36+,37-,38+,39-,41-,44-,45-/m1/s1. The molecular formula is C45H57N3O6. The smallest absolute Gasteiger partial charge is 0.161 e. The lowest BCUT2D eigenvalue weighted by Crippen LogP contribution is -2.51. The van der Waals surface area contributed by atoms with Crippen LogP contribution in [-0.4, -0.2) is 66.0 Å². The van der Waals surface area contributed by atoms with Crippen molar-refractivity contribution >= 4 is 5.82 Å². The number of hydrogen-bond donors (Lipinski definition) is 7. The quantitative estimate of drug-likeness (QED) is 0.0783. The molecular weight excluding hydrogens is 679 g/mol. The minimum Gasteiger partial charge on any atom is -0.504 e. The first-order chi connectivity index (χ1) is 26.2. The maximum atomic E-state index is 11.4. The highest BCUT2D eigenvalue weighted by atomic mass is 16.5. The number of rotatable bonds is 13. The molecule has 2 aromatic heterocycles. The van der Waals surface area contributed by atoms with Crippen molar-refractivity contribution < 1.29 is 30.3 Å². The van der Waals surface area contributed by atoms with Gasteiger partial charge in [-0.2, -0.15) is 0 Å². The van der Waals surface area contributed by atoms with E-state index in [0.29, 0.717) is 56.7 Å². The fourth-order valence-electron chi connectivity index (χ4n) is 8.58. The number of aromatic nitrogens is 2. The van der Waals surface area contributed by atoms with E-state index < -0.39 is 30.5 Å². The normalized spacial score (nSPS) is 26.5. The average Bonchev–Trinajstić information content (AvgIpc) is 3.69. The van der Waals surface area contributed by atoms with Gasteiger partial charge >= 0.3 is 0 Å². The number of aliphatic hydroxyl groups excluding tert-OH is 4. The van der Waals surface area contributed by atoms with Crippen molar-refractivity contribution in [2.24, 2.45) is 23.7 Å². The lowest BCUT2D eigenvalue weighted by Gasteiger charge is -2.42. The Morgan fingerprint density at radius 3 is 2.48 bits per heavy atom. The van der Waals surface area contributed by atoms with E-state index >= 15 is 0 Å². The molecule has 0 aliphatic heterocycles. The third kappa shape index (κ3) is 10.2. The lowest BCUT2D eigenvalue weighted by atomic mass is 9.71. The summed E-state index contributed by atoms with van der Waals surface area (Å²) in [5.74, 6) is 7.36. The topological polar surface area (TPSA) is 165 Å². The minimum absolute atomic E-state index is 0.0755. The second kappa shape index (κ2) is 18.8. The van der Waals surface area contributed by atoms with Crippen LogP contribution in [0.1, 0.15) is 86.6 Å². The van der Waals surface area contributed by atoms with Gasteiger partial charge in [-0.3, -0.25) is 0 Å². The molecule has 2 aromatic carbocycles. The number of nitrogens with two attached hydrogens (primary N) is 1. The zero-order valence-electron chi connectivity index (χ0n) is 31.3. The van der Waals surface area contributed by atoms with E-state index in [2.05, 4.69) is 53.0 Å². The van der Waals surface area contributed by atoms with Crippen molar-refractivity contribution in [3.63, 3.8) is 0 Å². The Morgan fingerprint density at radius 1 is 0.889 bits per heavy atom. The fourth-order valence-corrected chi connectivity index (χ4v) is 8.58. The van der Waals surface area contributed by atoms with E-state index in [9.17, 15) is 25.5 Å². The molecule has 2 aliphatic rings. The van der Waals surface area contributed by atoms with Crippen LogP contribution in [0.3, 0.4) is 0 Å². The van der Waals surface area contributed by atoms with Crippen molar-refractivity contribution in [1.82, 2.24) is 9.97 Å². The number of nitrogens with zero attached hydrogens (tertiary/aromatic N) is 1. The maximum absolute atomic E-state index is 11.4. The summed E-state index contributed by atoms with van der Waals surface area (Å²) in [6.07, 6.45) is 6.57. The third-order valence-corrected chi connectivity index (χ3v) is 11.8. The molecule has 9 nitrogen and oxygen atoms in total. The SMILES string of the molecule is C[C@H](Cc1ccccc1)[C@@H]1C#CC[C@H]([C@H](O)CCc2ccc(O)c(O[C@H]3[C@H](O)[C@H](O)CC[C@@H]3[C@H](Cc3ccc[nH]3)c3ccnc(N)c3)c2)[C@@H](O)CCCC1. The van der Waals surface area contributed by atoms with Gasteiger partial charge in [0.05, 0.1) is 18.3 Å². The molecule has 2 aliphatic carbocycles. The Kier molecular flexibility index (Phi) is 13.7. The van der Waals surface area contributed by atoms with Crippen LogP contribution in [0, 0.1) is 35.5 Å². The summed E-state index contributed by atoms with van der Waals surface area (Å²) in [6.45, 7) is 2.27. The highest BCUT2D eigenvalue weighted by Gasteiger charge is 2.44. The van der Waals surface area contributed by atoms with Crippen LogP contribution in [0.25, 0.3) is 0 Å². The van der Waals surface area contributed by atoms with Gasteiger partial charge in [0.15, 0.2) is 11.5 Å². The Bertz CT molecular complexity index is 1810. The summed E-state index contributed by atoms with van der Waals surface area (Å²) in [4.78, 5) is 7.46. The number of nitrogens with one attached hydrogen (secondary N) is 1. The zero-order valence-corrected chi connectivity index (χ0v) is 31.3. The van der Waals surface area contributed by atoms with Crippen LogP contribution in [-0.2, 0) is 19.3 Å². The van der Waals surface area contributed by atoms with Crippen LogP contribution in [0.15, 0.2) is 85.2 Å². The van der Waals surface area contributed by atoms with Crippen molar-refractivity contribution in [3.05, 3.63) is 108 Å². The van der Waals surface area contributed by atoms with Gasteiger partial charge in [0, 0.05) is 42.3 Å². The number of nitrogen functional groups attached to an aromatic ring is 1. The summed E-state index contributed by atoms with van der Waals surface area (Å²) < 4.78 is 6.50. The first-order valence-electron chi connectivity index (χ1n) is 19.7. The van der Waals surface area contributed by atoms with Gasteiger partial charge in [0.2, 0.25) is 0 Å². The largest absolute Gasteiger partial charge is 0.504 e. The Morgan fingerprint density at radius 2 is 1.70 bits per heavy atom. The zero-order chi connectivity index (χ0) is 38.0. The molecule has 1 fully saturated rings. The van der Waals surface area contributed by atoms with E-state index in [-0.39, 0.29) is 35.2 Å². The molecule has 0 amide bonds. The maximum Gasteiger partial charge on any atom is 0.161 e. The van der Waals surface area contributed by atoms with Gasteiger partial charge in [-0.25, -0.2) is 4.98 Å². The first-order valence-corrected chi connectivity index (χ1v) is 19.7. The molecule has 6 rings (SSSR count). The second-order valence-corrected chi connectivity index (χ2v) is 15.6. The number of anilines is 1. The van der Waals surface area contributed by atoms with Crippen molar-refractivity contribution in [2.45, 2.75) is 114 Å².